The number of amides is 1. The molecule has 7 heteroatoms. The Hall–Kier alpha value is -1.40. The number of anilines is 1. The second-order valence-electron chi connectivity index (χ2n) is 4.88. The monoisotopic (exact) mass is 310 g/mol. The highest BCUT2D eigenvalue weighted by Gasteiger charge is 2.24. The number of nitrogens with one attached hydrogen (secondary N) is 1. The van der Waals surface area contributed by atoms with E-state index in [0.29, 0.717) is 5.82 Å². The van der Waals surface area contributed by atoms with Crippen LogP contribution in [0, 0.1) is 0 Å². The zero-order valence-corrected chi connectivity index (χ0v) is 12.7. The summed E-state index contributed by atoms with van der Waals surface area (Å²) in [5.41, 5.74) is 0. The van der Waals surface area contributed by atoms with E-state index in [4.69, 9.17) is 11.6 Å². The van der Waals surface area contributed by atoms with Gasteiger partial charge >= 0.3 is 0 Å². The lowest BCUT2D eigenvalue weighted by atomic mass is 10.2. The molecule has 106 valence electrons. The zero-order valence-electron chi connectivity index (χ0n) is 11.1. The number of fused-ring (bicyclic) bond motifs is 1. The molecule has 1 amide bonds. The van der Waals surface area contributed by atoms with Crippen molar-refractivity contribution in [3.8, 4) is 0 Å². The number of carbonyl (C=O) groups is 1. The summed E-state index contributed by atoms with van der Waals surface area (Å²) in [6, 6.07) is 1.62. The maximum Gasteiger partial charge on any atom is 0.244 e. The Labute approximate surface area is 126 Å². The average Bonchev–Trinajstić information content (AvgIpc) is 3.08. The lowest BCUT2D eigenvalue weighted by Crippen LogP contribution is -2.39. The molecule has 1 atom stereocenters. The Morgan fingerprint density at radius 2 is 2.20 bits per heavy atom. The minimum absolute atomic E-state index is 0.112. The normalized spacial score (nSPS) is 16.6. The SMILES string of the molecule is CC(Nc1nc(Cl)nc2sccc12)C(=O)N1CCCC1. The Bertz CT molecular complexity index is 638. The van der Waals surface area contributed by atoms with Crippen molar-refractivity contribution in [2.45, 2.75) is 25.8 Å². The van der Waals surface area contributed by atoms with Gasteiger partial charge in [0, 0.05) is 13.1 Å². The van der Waals surface area contributed by atoms with Gasteiger partial charge in [-0.15, -0.1) is 11.3 Å². The van der Waals surface area contributed by atoms with Crippen molar-refractivity contribution in [3.05, 3.63) is 16.7 Å². The van der Waals surface area contributed by atoms with Gasteiger partial charge in [-0.25, -0.2) is 9.97 Å². The van der Waals surface area contributed by atoms with Crippen molar-refractivity contribution < 1.29 is 4.79 Å². The van der Waals surface area contributed by atoms with Crippen LogP contribution < -0.4 is 5.32 Å². The van der Waals surface area contributed by atoms with E-state index in [2.05, 4.69) is 15.3 Å². The van der Waals surface area contributed by atoms with Crippen LogP contribution in [-0.2, 0) is 4.79 Å². The van der Waals surface area contributed by atoms with Crippen molar-refractivity contribution in [1.29, 1.82) is 0 Å². The quantitative estimate of drug-likeness (QED) is 0.886. The zero-order chi connectivity index (χ0) is 14.1. The number of carbonyl (C=O) groups excluding carboxylic acids is 1. The van der Waals surface area contributed by atoms with Crippen molar-refractivity contribution in [2.75, 3.05) is 18.4 Å². The molecule has 3 rings (SSSR count). The van der Waals surface area contributed by atoms with Gasteiger partial charge in [-0.3, -0.25) is 4.79 Å². The predicted molar refractivity (Wildman–Crippen MR) is 81.3 cm³/mol. The maximum atomic E-state index is 12.3. The van der Waals surface area contributed by atoms with Crippen LogP contribution in [0.25, 0.3) is 10.2 Å². The summed E-state index contributed by atoms with van der Waals surface area (Å²) in [6.45, 7) is 3.56. The number of likely N-dealkylation sites (tertiary alicyclic amines) is 1. The molecule has 0 aliphatic carbocycles. The number of hydrogen-bond donors (Lipinski definition) is 1. The van der Waals surface area contributed by atoms with Crippen molar-refractivity contribution in [3.63, 3.8) is 0 Å². The van der Waals surface area contributed by atoms with Crippen LogP contribution in [-0.4, -0.2) is 39.9 Å². The number of rotatable bonds is 3. The third-order valence-electron chi connectivity index (χ3n) is 3.44. The molecule has 1 fully saturated rings. The summed E-state index contributed by atoms with van der Waals surface area (Å²) >= 11 is 7.43. The van der Waals surface area contributed by atoms with Crippen LogP contribution in [0.3, 0.4) is 0 Å². The van der Waals surface area contributed by atoms with E-state index >= 15 is 0 Å². The first kappa shape index (κ1) is 13.6. The third kappa shape index (κ3) is 2.58. The summed E-state index contributed by atoms with van der Waals surface area (Å²) in [7, 11) is 0. The average molecular weight is 311 g/mol. The lowest BCUT2D eigenvalue weighted by Gasteiger charge is -2.21. The van der Waals surface area contributed by atoms with Gasteiger partial charge in [-0.05, 0) is 42.8 Å². The summed E-state index contributed by atoms with van der Waals surface area (Å²) in [5.74, 6) is 0.738. The first-order valence-electron chi connectivity index (χ1n) is 6.61. The first-order valence-corrected chi connectivity index (χ1v) is 7.87. The van der Waals surface area contributed by atoms with E-state index in [0.717, 1.165) is 36.1 Å². The Balaban J connectivity index is 1.81. The van der Waals surface area contributed by atoms with Crippen LogP contribution in [0.15, 0.2) is 11.4 Å². The Kier molecular flexibility index (Phi) is 3.76. The molecule has 1 unspecified atom stereocenters. The molecule has 0 bridgehead atoms. The molecule has 1 saturated heterocycles. The summed E-state index contributed by atoms with van der Waals surface area (Å²) in [4.78, 5) is 23.4. The van der Waals surface area contributed by atoms with Crippen molar-refractivity contribution in [2.24, 2.45) is 0 Å². The standard InChI is InChI=1S/C13H15ClN4OS/c1-8(12(19)18-5-2-3-6-18)15-10-9-4-7-20-11(9)17-13(14)16-10/h4,7-8H,2-3,5-6H2,1H3,(H,15,16,17). The molecule has 5 nitrogen and oxygen atoms in total. The van der Waals surface area contributed by atoms with Gasteiger partial charge in [0.15, 0.2) is 0 Å². The molecule has 1 N–H and O–H groups in total. The predicted octanol–water partition coefficient (Wildman–Crippen LogP) is 2.77. The van der Waals surface area contributed by atoms with E-state index < -0.39 is 0 Å². The highest BCUT2D eigenvalue weighted by atomic mass is 35.5. The lowest BCUT2D eigenvalue weighted by molar-refractivity contribution is -0.130. The van der Waals surface area contributed by atoms with Crippen LogP contribution in [0.2, 0.25) is 5.28 Å². The topological polar surface area (TPSA) is 58.1 Å². The fraction of sp³-hybridized carbons (Fsp3) is 0.462. The van der Waals surface area contributed by atoms with Crippen molar-refractivity contribution >= 4 is 44.9 Å². The summed E-state index contributed by atoms with van der Waals surface area (Å²) in [5, 5.41) is 6.21. The fourth-order valence-electron chi connectivity index (χ4n) is 2.42. The number of halogens is 1. The first-order chi connectivity index (χ1) is 9.65. The number of nitrogens with zero attached hydrogens (tertiary/aromatic N) is 3. The van der Waals surface area contributed by atoms with E-state index in [9.17, 15) is 4.79 Å². The summed E-state index contributed by atoms with van der Waals surface area (Å²) in [6.07, 6.45) is 2.18. The third-order valence-corrected chi connectivity index (χ3v) is 4.41. The van der Waals surface area contributed by atoms with Crippen molar-refractivity contribution in [1.82, 2.24) is 14.9 Å². The number of aromatic nitrogens is 2. The molecular weight excluding hydrogens is 296 g/mol. The van der Waals surface area contributed by atoms with E-state index in [-0.39, 0.29) is 17.2 Å². The van der Waals surface area contributed by atoms with Crippen LogP contribution in [0.4, 0.5) is 5.82 Å². The summed E-state index contributed by atoms with van der Waals surface area (Å²) < 4.78 is 0. The van der Waals surface area contributed by atoms with Gasteiger partial charge in [0.05, 0.1) is 5.39 Å². The van der Waals surface area contributed by atoms with E-state index in [1.807, 2.05) is 23.3 Å². The number of thiophene rings is 1. The van der Waals surface area contributed by atoms with Gasteiger partial charge in [0.2, 0.25) is 11.2 Å². The minimum atomic E-state index is -0.317. The van der Waals surface area contributed by atoms with Gasteiger partial charge in [0.25, 0.3) is 0 Å². The Morgan fingerprint density at radius 3 is 2.95 bits per heavy atom. The van der Waals surface area contributed by atoms with E-state index in [1.54, 1.807) is 0 Å². The molecule has 1 aliphatic rings. The van der Waals surface area contributed by atoms with Gasteiger partial charge in [-0.1, -0.05) is 0 Å². The molecule has 3 heterocycles. The van der Waals surface area contributed by atoms with Gasteiger partial charge in [-0.2, -0.15) is 0 Å². The molecule has 2 aromatic rings. The smallest absolute Gasteiger partial charge is 0.244 e. The van der Waals surface area contributed by atoms with Gasteiger partial charge in [0.1, 0.15) is 16.7 Å². The highest BCUT2D eigenvalue weighted by molar-refractivity contribution is 7.16. The highest BCUT2D eigenvalue weighted by Crippen LogP contribution is 2.27. The van der Waals surface area contributed by atoms with Crippen LogP contribution >= 0.6 is 22.9 Å². The molecule has 2 aromatic heterocycles. The molecule has 0 saturated carbocycles. The second kappa shape index (κ2) is 5.54. The molecular formula is C13H15ClN4OS. The van der Waals surface area contributed by atoms with E-state index in [1.165, 1.54) is 11.3 Å². The van der Waals surface area contributed by atoms with Crippen LogP contribution in [0.5, 0.6) is 0 Å². The maximum absolute atomic E-state index is 12.3. The molecule has 0 spiro atoms. The fourth-order valence-corrected chi connectivity index (χ4v) is 3.40. The number of hydrogen-bond acceptors (Lipinski definition) is 5. The Morgan fingerprint density at radius 1 is 1.45 bits per heavy atom. The van der Waals surface area contributed by atoms with Crippen LogP contribution in [0.1, 0.15) is 19.8 Å². The van der Waals surface area contributed by atoms with Gasteiger partial charge < -0.3 is 10.2 Å². The molecule has 0 radical (unpaired) electrons. The molecule has 0 aromatic carbocycles. The molecule has 1 aliphatic heterocycles. The molecule has 20 heavy (non-hydrogen) atoms. The minimum Gasteiger partial charge on any atom is -0.358 e. The largest absolute Gasteiger partial charge is 0.358 e. The second-order valence-corrected chi connectivity index (χ2v) is 6.11.